The number of hydrogen-bond donors (Lipinski definition) is 2. The van der Waals surface area contributed by atoms with Crippen molar-refractivity contribution < 1.29 is 5.11 Å². The molecule has 2 N–H and O–H groups in total. The van der Waals surface area contributed by atoms with Crippen LogP contribution in [0, 0.1) is 0 Å². The normalized spacial score (nSPS) is 21.2. The van der Waals surface area contributed by atoms with Gasteiger partial charge in [-0.3, -0.25) is 0 Å². The van der Waals surface area contributed by atoms with E-state index in [2.05, 4.69) is 5.32 Å². The van der Waals surface area contributed by atoms with Crippen molar-refractivity contribution in [1.29, 1.82) is 0 Å². The van der Waals surface area contributed by atoms with Crippen LogP contribution in [0.3, 0.4) is 0 Å². The molecule has 1 heterocycles. The highest BCUT2D eigenvalue weighted by Gasteiger charge is 2.18. The summed E-state index contributed by atoms with van der Waals surface area (Å²) in [6.07, 6.45) is 0.992. The number of aliphatic hydroxyl groups excluding tert-OH is 1. The van der Waals surface area contributed by atoms with Crippen LogP contribution in [0.4, 0.5) is 0 Å². The summed E-state index contributed by atoms with van der Waals surface area (Å²) in [7, 11) is 0. The average Bonchev–Trinajstić information content (AvgIpc) is 2.16. The zero-order valence-corrected chi connectivity index (χ0v) is 8.01. The van der Waals surface area contributed by atoms with Crippen molar-refractivity contribution in [2.75, 3.05) is 13.2 Å². The van der Waals surface area contributed by atoms with Crippen LogP contribution >= 0.6 is 11.6 Å². The third kappa shape index (κ3) is 1.70. The summed E-state index contributed by atoms with van der Waals surface area (Å²) < 4.78 is 0. The molecule has 13 heavy (non-hydrogen) atoms. The highest BCUT2D eigenvalue weighted by atomic mass is 35.5. The second-order valence-electron chi connectivity index (χ2n) is 3.28. The van der Waals surface area contributed by atoms with Crippen molar-refractivity contribution in [2.45, 2.75) is 12.5 Å². The molecule has 70 valence electrons. The standard InChI is InChI=1S/C10H12ClNO/c11-8-1-2-9-7(5-8)3-4-12-10(9)6-13/h1-2,5,10,12-13H,3-4,6H2/t10-/m1/s1. The molecular weight excluding hydrogens is 186 g/mol. The van der Waals surface area contributed by atoms with Crippen molar-refractivity contribution in [1.82, 2.24) is 5.32 Å². The molecule has 1 aliphatic rings. The van der Waals surface area contributed by atoms with Crippen LogP contribution in [-0.2, 0) is 6.42 Å². The van der Waals surface area contributed by atoms with Crippen LogP contribution < -0.4 is 5.32 Å². The van der Waals surface area contributed by atoms with Crippen LogP contribution in [0.1, 0.15) is 17.2 Å². The van der Waals surface area contributed by atoms with Gasteiger partial charge in [0.05, 0.1) is 12.6 Å². The van der Waals surface area contributed by atoms with E-state index < -0.39 is 0 Å². The largest absolute Gasteiger partial charge is 0.394 e. The molecule has 3 heteroatoms. The van der Waals surface area contributed by atoms with Crippen LogP contribution in [0.15, 0.2) is 18.2 Å². The molecule has 0 aromatic heterocycles. The fourth-order valence-corrected chi connectivity index (χ4v) is 1.98. The fraction of sp³-hybridized carbons (Fsp3) is 0.400. The van der Waals surface area contributed by atoms with E-state index in [1.54, 1.807) is 0 Å². The van der Waals surface area contributed by atoms with Crippen LogP contribution in [0.25, 0.3) is 0 Å². The summed E-state index contributed by atoms with van der Waals surface area (Å²) >= 11 is 5.88. The van der Waals surface area contributed by atoms with Gasteiger partial charge < -0.3 is 10.4 Å². The lowest BCUT2D eigenvalue weighted by molar-refractivity contribution is 0.240. The second-order valence-corrected chi connectivity index (χ2v) is 3.72. The molecule has 0 saturated carbocycles. The first-order valence-electron chi connectivity index (χ1n) is 4.44. The van der Waals surface area contributed by atoms with Crippen molar-refractivity contribution in [3.8, 4) is 0 Å². The van der Waals surface area contributed by atoms with Crippen LogP contribution in [-0.4, -0.2) is 18.3 Å². The van der Waals surface area contributed by atoms with Crippen molar-refractivity contribution in [2.24, 2.45) is 0 Å². The van der Waals surface area contributed by atoms with Gasteiger partial charge in [-0.05, 0) is 36.2 Å². The Morgan fingerprint density at radius 2 is 2.38 bits per heavy atom. The summed E-state index contributed by atoms with van der Waals surface area (Å²) in [5, 5.41) is 13.1. The number of halogens is 1. The minimum absolute atomic E-state index is 0.0843. The first kappa shape index (κ1) is 9.00. The lowest BCUT2D eigenvalue weighted by Crippen LogP contribution is -2.31. The second kappa shape index (κ2) is 3.66. The predicted molar refractivity (Wildman–Crippen MR) is 53.0 cm³/mol. The molecule has 1 aliphatic heterocycles. The van der Waals surface area contributed by atoms with E-state index in [1.165, 1.54) is 11.1 Å². The zero-order chi connectivity index (χ0) is 9.26. The Hall–Kier alpha value is -0.570. The van der Waals surface area contributed by atoms with Gasteiger partial charge in [-0.15, -0.1) is 0 Å². The van der Waals surface area contributed by atoms with Gasteiger partial charge in [-0.2, -0.15) is 0 Å². The van der Waals surface area contributed by atoms with Gasteiger partial charge in [0, 0.05) is 5.02 Å². The van der Waals surface area contributed by atoms with E-state index in [0.29, 0.717) is 0 Å². The van der Waals surface area contributed by atoms with Gasteiger partial charge in [0.15, 0.2) is 0 Å². The Labute approximate surface area is 82.5 Å². The van der Waals surface area contributed by atoms with Crippen LogP contribution in [0.5, 0.6) is 0 Å². The molecule has 1 aromatic carbocycles. The zero-order valence-electron chi connectivity index (χ0n) is 7.26. The van der Waals surface area contributed by atoms with Crippen molar-refractivity contribution >= 4 is 11.6 Å². The van der Waals surface area contributed by atoms with E-state index >= 15 is 0 Å². The summed E-state index contributed by atoms with van der Waals surface area (Å²) in [5.74, 6) is 0. The Morgan fingerprint density at radius 3 is 3.15 bits per heavy atom. The molecule has 1 aromatic rings. The molecular formula is C10H12ClNO. The van der Waals surface area contributed by atoms with E-state index in [1.807, 2.05) is 18.2 Å². The minimum Gasteiger partial charge on any atom is -0.394 e. The van der Waals surface area contributed by atoms with Crippen molar-refractivity contribution in [3.63, 3.8) is 0 Å². The van der Waals surface area contributed by atoms with E-state index in [9.17, 15) is 0 Å². The molecule has 0 radical (unpaired) electrons. The Bertz CT molecular complexity index is 314. The first-order chi connectivity index (χ1) is 6.31. The first-order valence-corrected chi connectivity index (χ1v) is 4.81. The van der Waals surface area contributed by atoms with Gasteiger partial charge in [0.1, 0.15) is 0 Å². The highest BCUT2D eigenvalue weighted by Crippen LogP contribution is 2.25. The van der Waals surface area contributed by atoms with Crippen molar-refractivity contribution in [3.05, 3.63) is 34.3 Å². The Balaban J connectivity index is 2.40. The third-order valence-electron chi connectivity index (χ3n) is 2.45. The molecule has 2 nitrogen and oxygen atoms in total. The predicted octanol–water partition coefficient (Wildman–Crippen LogP) is 1.52. The molecule has 1 atom stereocenters. The summed E-state index contributed by atoms with van der Waals surface area (Å²) in [4.78, 5) is 0. The third-order valence-corrected chi connectivity index (χ3v) is 2.68. The number of hydrogen-bond acceptors (Lipinski definition) is 2. The maximum atomic E-state index is 9.11. The van der Waals surface area contributed by atoms with E-state index in [-0.39, 0.29) is 12.6 Å². The molecule has 2 rings (SSSR count). The monoisotopic (exact) mass is 197 g/mol. The molecule has 0 fully saturated rings. The summed E-state index contributed by atoms with van der Waals surface area (Å²) in [6, 6.07) is 5.93. The highest BCUT2D eigenvalue weighted by molar-refractivity contribution is 6.30. The van der Waals surface area contributed by atoms with Gasteiger partial charge in [0.25, 0.3) is 0 Å². The van der Waals surface area contributed by atoms with E-state index in [4.69, 9.17) is 16.7 Å². The quantitative estimate of drug-likeness (QED) is 0.716. The maximum Gasteiger partial charge on any atom is 0.0626 e. The molecule has 0 unspecified atom stereocenters. The molecule has 0 bridgehead atoms. The summed E-state index contributed by atoms with van der Waals surface area (Å²) in [5.41, 5.74) is 2.43. The minimum atomic E-state index is 0.0843. The van der Waals surface area contributed by atoms with Gasteiger partial charge in [-0.1, -0.05) is 17.7 Å². The molecule has 0 spiro atoms. The van der Waals surface area contributed by atoms with Gasteiger partial charge in [0.2, 0.25) is 0 Å². The number of rotatable bonds is 1. The SMILES string of the molecule is OC[C@H]1NCCc2cc(Cl)ccc21. The fourth-order valence-electron chi connectivity index (χ4n) is 1.78. The topological polar surface area (TPSA) is 32.3 Å². The Kier molecular flexibility index (Phi) is 2.54. The lowest BCUT2D eigenvalue weighted by Gasteiger charge is -2.25. The molecule has 0 saturated heterocycles. The average molecular weight is 198 g/mol. The molecule has 0 aliphatic carbocycles. The number of benzene rings is 1. The molecule has 0 amide bonds. The summed E-state index contributed by atoms with van der Waals surface area (Å²) in [6.45, 7) is 1.06. The smallest absolute Gasteiger partial charge is 0.0626 e. The van der Waals surface area contributed by atoms with Gasteiger partial charge in [-0.25, -0.2) is 0 Å². The van der Waals surface area contributed by atoms with E-state index in [0.717, 1.165) is 18.0 Å². The maximum absolute atomic E-state index is 9.11. The Morgan fingerprint density at radius 1 is 1.54 bits per heavy atom. The van der Waals surface area contributed by atoms with Gasteiger partial charge >= 0.3 is 0 Å². The number of aliphatic hydroxyl groups is 1. The number of fused-ring (bicyclic) bond motifs is 1. The lowest BCUT2D eigenvalue weighted by atomic mass is 9.95. The number of nitrogens with one attached hydrogen (secondary N) is 1. The van der Waals surface area contributed by atoms with Crippen LogP contribution in [0.2, 0.25) is 5.02 Å².